The van der Waals surface area contributed by atoms with Gasteiger partial charge in [0.15, 0.2) is 0 Å². The summed E-state index contributed by atoms with van der Waals surface area (Å²) in [5, 5.41) is 0. The molecule has 1 heteroatoms. The molecular weight excluding hydrogens is 283 g/mol. The molecule has 1 fully saturated rings. The molecule has 0 radical (unpaired) electrons. The van der Waals surface area contributed by atoms with Crippen LogP contribution in [0.4, 0.5) is 0 Å². The summed E-state index contributed by atoms with van der Waals surface area (Å²) in [6.07, 6.45) is 8.61. The van der Waals surface area contributed by atoms with E-state index < -0.39 is 0 Å². The normalized spacial score (nSPS) is 22.9. The summed E-state index contributed by atoms with van der Waals surface area (Å²) in [4.78, 5) is 0. The number of rotatable bonds is 0. The summed E-state index contributed by atoms with van der Waals surface area (Å²) < 4.78 is 1.51. The first kappa shape index (κ1) is 9.20. The van der Waals surface area contributed by atoms with Gasteiger partial charge < -0.3 is 0 Å². The van der Waals surface area contributed by atoms with Gasteiger partial charge in [-0.15, -0.1) is 0 Å². The van der Waals surface area contributed by atoms with Crippen LogP contribution in [0.2, 0.25) is 0 Å². The van der Waals surface area contributed by atoms with Crippen molar-refractivity contribution < 1.29 is 0 Å². The Balaban J connectivity index is 2.03. The van der Waals surface area contributed by atoms with Gasteiger partial charge in [0.05, 0.1) is 0 Å². The maximum absolute atomic E-state index is 2.51. The molecule has 0 aliphatic heterocycles. The van der Waals surface area contributed by atoms with E-state index in [-0.39, 0.29) is 0 Å². The van der Waals surface area contributed by atoms with E-state index in [2.05, 4.69) is 40.8 Å². The number of benzene rings is 1. The molecule has 0 aromatic heterocycles. The first-order valence-corrected chi connectivity index (χ1v) is 6.68. The van der Waals surface area contributed by atoms with E-state index in [1.807, 2.05) is 0 Å². The van der Waals surface area contributed by atoms with E-state index in [9.17, 15) is 0 Å². The van der Waals surface area contributed by atoms with Crippen LogP contribution >= 0.6 is 22.6 Å². The third-order valence-corrected chi connectivity index (χ3v) is 4.87. The molecule has 1 aromatic carbocycles. The van der Waals surface area contributed by atoms with Crippen molar-refractivity contribution in [1.29, 1.82) is 0 Å². The van der Waals surface area contributed by atoms with Crippen LogP contribution < -0.4 is 0 Å². The average molecular weight is 298 g/mol. The Morgan fingerprint density at radius 2 is 1.86 bits per heavy atom. The third kappa shape index (κ3) is 1.17. The summed E-state index contributed by atoms with van der Waals surface area (Å²) >= 11 is 2.51. The van der Waals surface area contributed by atoms with Gasteiger partial charge in [-0.3, -0.25) is 0 Å². The van der Waals surface area contributed by atoms with Gasteiger partial charge in [-0.1, -0.05) is 31.4 Å². The molecule has 1 spiro atoms. The van der Waals surface area contributed by atoms with Crippen molar-refractivity contribution in [3.8, 4) is 0 Å². The van der Waals surface area contributed by atoms with Crippen molar-refractivity contribution in [3.63, 3.8) is 0 Å². The second-order valence-electron chi connectivity index (χ2n) is 4.79. The summed E-state index contributed by atoms with van der Waals surface area (Å²) in [7, 11) is 0. The van der Waals surface area contributed by atoms with Gasteiger partial charge in [-0.2, -0.15) is 0 Å². The quantitative estimate of drug-likeness (QED) is 0.634. The van der Waals surface area contributed by atoms with Crippen LogP contribution in [0.15, 0.2) is 18.2 Å². The standard InChI is InChI=1S/C13H15I/c14-11-6-4-5-10-9-13(12(10)11)7-2-1-3-8-13/h4-6H,1-3,7-9H2. The zero-order chi connectivity index (χ0) is 9.60. The van der Waals surface area contributed by atoms with Gasteiger partial charge in [0.1, 0.15) is 0 Å². The molecule has 1 aromatic rings. The Labute approximate surface area is 99.2 Å². The third-order valence-electron chi connectivity index (χ3n) is 3.97. The molecule has 0 heterocycles. The van der Waals surface area contributed by atoms with Crippen molar-refractivity contribution in [2.24, 2.45) is 0 Å². The number of hydrogen-bond donors (Lipinski definition) is 0. The van der Waals surface area contributed by atoms with Crippen LogP contribution in [-0.4, -0.2) is 0 Å². The Hall–Kier alpha value is -0.0500. The zero-order valence-corrected chi connectivity index (χ0v) is 10.5. The minimum absolute atomic E-state index is 0.616. The molecule has 0 nitrogen and oxygen atoms in total. The van der Waals surface area contributed by atoms with E-state index in [0.717, 1.165) is 0 Å². The first-order chi connectivity index (χ1) is 6.82. The van der Waals surface area contributed by atoms with Crippen molar-refractivity contribution in [2.75, 3.05) is 0 Å². The first-order valence-electron chi connectivity index (χ1n) is 5.60. The second-order valence-corrected chi connectivity index (χ2v) is 5.95. The van der Waals surface area contributed by atoms with Crippen LogP contribution in [0, 0.1) is 3.57 Å². The van der Waals surface area contributed by atoms with E-state index >= 15 is 0 Å². The van der Waals surface area contributed by atoms with Crippen LogP contribution in [0.25, 0.3) is 0 Å². The molecule has 0 N–H and O–H groups in total. The summed E-state index contributed by atoms with van der Waals surface area (Å²) in [5.74, 6) is 0. The maximum atomic E-state index is 2.51. The largest absolute Gasteiger partial charge is 0.0609 e. The van der Waals surface area contributed by atoms with E-state index in [1.54, 1.807) is 11.1 Å². The van der Waals surface area contributed by atoms with E-state index in [1.165, 1.54) is 42.1 Å². The highest BCUT2D eigenvalue weighted by Crippen LogP contribution is 2.52. The SMILES string of the molecule is Ic1cccc2c1C1(CCCCC1)C2. The van der Waals surface area contributed by atoms with Crippen molar-refractivity contribution in [1.82, 2.24) is 0 Å². The van der Waals surface area contributed by atoms with E-state index in [4.69, 9.17) is 0 Å². The fourth-order valence-electron chi connectivity index (χ4n) is 3.31. The van der Waals surface area contributed by atoms with Gasteiger partial charge >= 0.3 is 0 Å². The lowest BCUT2D eigenvalue weighted by atomic mass is 9.57. The van der Waals surface area contributed by atoms with Gasteiger partial charge in [0.2, 0.25) is 0 Å². The molecule has 2 aliphatic rings. The Morgan fingerprint density at radius 1 is 1.07 bits per heavy atom. The number of hydrogen-bond acceptors (Lipinski definition) is 0. The van der Waals surface area contributed by atoms with Crippen molar-refractivity contribution >= 4 is 22.6 Å². The number of halogens is 1. The van der Waals surface area contributed by atoms with Gasteiger partial charge in [0, 0.05) is 8.99 Å². The molecule has 2 aliphatic carbocycles. The second kappa shape index (κ2) is 3.22. The number of fused-ring (bicyclic) bond motifs is 2. The van der Waals surface area contributed by atoms with E-state index in [0.29, 0.717) is 5.41 Å². The highest BCUT2D eigenvalue weighted by Gasteiger charge is 2.44. The Kier molecular flexibility index (Phi) is 2.12. The summed E-state index contributed by atoms with van der Waals surface area (Å²) in [6.45, 7) is 0. The Morgan fingerprint density at radius 3 is 2.57 bits per heavy atom. The monoisotopic (exact) mass is 298 g/mol. The molecule has 0 saturated heterocycles. The lowest BCUT2D eigenvalue weighted by Crippen LogP contribution is -2.41. The smallest absolute Gasteiger partial charge is 0.0170 e. The lowest BCUT2D eigenvalue weighted by Gasteiger charge is -2.47. The predicted octanol–water partition coefficient (Wildman–Crippen LogP) is 4.05. The van der Waals surface area contributed by atoms with Crippen LogP contribution in [-0.2, 0) is 11.8 Å². The summed E-state index contributed by atoms with van der Waals surface area (Å²) in [5.41, 5.74) is 3.95. The van der Waals surface area contributed by atoms with Crippen LogP contribution in [0.1, 0.15) is 43.2 Å². The van der Waals surface area contributed by atoms with Gasteiger partial charge in [0.25, 0.3) is 0 Å². The molecule has 0 amide bonds. The lowest BCUT2D eigenvalue weighted by molar-refractivity contribution is 0.254. The molecule has 0 atom stereocenters. The molecule has 3 rings (SSSR count). The molecule has 1 saturated carbocycles. The molecular formula is C13H15I. The maximum Gasteiger partial charge on any atom is 0.0170 e. The molecule has 0 unspecified atom stereocenters. The average Bonchev–Trinajstić information content (AvgIpc) is 2.17. The molecule has 0 bridgehead atoms. The van der Waals surface area contributed by atoms with Crippen LogP contribution in [0.3, 0.4) is 0 Å². The van der Waals surface area contributed by atoms with Gasteiger partial charge in [-0.05, 0) is 59.0 Å². The van der Waals surface area contributed by atoms with Gasteiger partial charge in [-0.25, -0.2) is 0 Å². The molecule has 74 valence electrons. The fraction of sp³-hybridized carbons (Fsp3) is 0.538. The topological polar surface area (TPSA) is 0 Å². The van der Waals surface area contributed by atoms with Crippen molar-refractivity contribution in [2.45, 2.75) is 43.9 Å². The molecule has 14 heavy (non-hydrogen) atoms. The fourth-order valence-corrected chi connectivity index (χ4v) is 4.44. The minimum Gasteiger partial charge on any atom is -0.0609 e. The minimum atomic E-state index is 0.616. The predicted molar refractivity (Wildman–Crippen MR) is 67.6 cm³/mol. The Bertz CT molecular complexity index is 347. The zero-order valence-electron chi connectivity index (χ0n) is 8.35. The summed E-state index contributed by atoms with van der Waals surface area (Å²) in [6, 6.07) is 6.79. The highest BCUT2D eigenvalue weighted by atomic mass is 127. The van der Waals surface area contributed by atoms with Crippen LogP contribution in [0.5, 0.6) is 0 Å². The van der Waals surface area contributed by atoms with Crippen molar-refractivity contribution in [3.05, 3.63) is 32.9 Å². The highest BCUT2D eigenvalue weighted by molar-refractivity contribution is 14.1.